The van der Waals surface area contributed by atoms with Crippen molar-refractivity contribution in [2.75, 3.05) is 11.1 Å². The van der Waals surface area contributed by atoms with Crippen LogP contribution in [0.2, 0.25) is 0 Å². The third-order valence-corrected chi connectivity index (χ3v) is 3.52. The summed E-state index contributed by atoms with van der Waals surface area (Å²) in [4.78, 5) is 22.8. The molecule has 1 amide bonds. The number of carbonyl (C=O) groups is 1. The molecule has 3 rings (SSSR count). The van der Waals surface area contributed by atoms with E-state index in [4.69, 9.17) is 15.5 Å². The fourth-order valence-electron chi connectivity index (χ4n) is 2.27. The van der Waals surface area contributed by atoms with Crippen molar-refractivity contribution in [1.82, 2.24) is 0 Å². The predicted octanol–water partition coefficient (Wildman–Crippen LogP) is 4.03. The van der Waals surface area contributed by atoms with Gasteiger partial charge in [-0.1, -0.05) is 48.5 Å². The van der Waals surface area contributed by atoms with Gasteiger partial charge in [-0.15, -0.1) is 0 Å². The van der Waals surface area contributed by atoms with Gasteiger partial charge in [0.05, 0.1) is 5.56 Å². The third-order valence-electron chi connectivity index (χ3n) is 3.52. The molecule has 3 N–H and O–H groups in total. The van der Waals surface area contributed by atoms with E-state index in [-0.39, 0.29) is 5.91 Å². The number of para-hydroxylation sites is 1. The minimum atomic E-state index is -0.277. The van der Waals surface area contributed by atoms with Gasteiger partial charge in [0.25, 0.3) is 5.91 Å². The van der Waals surface area contributed by atoms with Gasteiger partial charge < -0.3 is 15.9 Å². The lowest BCUT2D eigenvalue weighted by atomic mass is 10.1. The first kappa shape index (κ1) is 16.5. The second-order valence-corrected chi connectivity index (χ2v) is 5.40. The van der Waals surface area contributed by atoms with Gasteiger partial charge in [-0.3, -0.25) is 4.79 Å². The lowest BCUT2D eigenvalue weighted by Crippen LogP contribution is -2.13. The summed E-state index contributed by atoms with van der Waals surface area (Å²) in [5.41, 5.74) is 8.27. The summed E-state index contributed by atoms with van der Waals surface area (Å²) < 4.78 is 0. The standard InChI is InChI=1S/C20H18N2O3/c21-19-12-5-4-11-18(19)20(23)22-16-9-6-10-17(13-16)25-24-14-15-7-2-1-3-8-15/h1-13H,14,21H2,(H,22,23). The second-order valence-electron chi connectivity index (χ2n) is 5.40. The molecule has 126 valence electrons. The highest BCUT2D eigenvalue weighted by molar-refractivity contribution is 6.07. The molecular weight excluding hydrogens is 316 g/mol. The number of benzene rings is 3. The van der Waals surface area contributed by atoms with E-state index in [1.807, 2.05) is 30.3 Å². The Kier molecular flexibility index (Phi) is 5.29. The largest absolute Gasteiger partial charge is 0.398 e. The molecule has 0 aliphatic rings. The van der Waals surface area contributed by atoms with Crippen molar-refractivity contribution in [3.05, 3.63) is 90.0 Å². The van der Waals surface area contributed by atoms with Gasteiger partial charge >= 0.3 is 0 Å². The number of hydrogen-bond donors (Lipinski definition) is 2. The van der Waals surface area contributed by atoms with Crippen molar-refractivity contribution < 1.29 is 14.6 Å². The molecule has 0 spiro atoms. The Bertz CT molecular complexity index is 850. The average Bonchev–Trinajstić information content (AvgIpc) is 2.63. The molecule has 25 heavy (non-hydrogen) atoms. The van der Waals surface area contributed by atoms with Crippen molar-refractivity contribution in [1.29, 1.82) is 0 Å². The molecule has 0 aromatic heterocycles. The fraction of sp³-hybridized carbons (Fsp3) is 0.0500. The maximum Gasteiger partial charge on any atom is 0.257 e. The summed E-state index contributed by atoms with van der Waals surface area (Å²) in [5, 5.41) is 2.79. The van der Waals surface area contributed by atoms with Crippen LogP contribution in [0, 0.1) is 0 Å². The smallest absolute Gasteiger partial charge is 0.257 e. The summed E-state index contributed by atoms with van der Waals surface area (Å²) >= 11 is 0. The van der Waals surface area contributed by atoms with E-state index in [0.29, 0.717) is 29.3 Å². The molecule has 5 heteroatoms. The quantitative estimate of drug-likeness (QED) is 0.405. The fourth-order valence-corrected chi connectivity index (χ4v) is 2.27. The van der Waals surface area contributed by atoms with Gasteiger partial charge in [-0.05, 0) is 29.8 Å². The Labute approximate surface area is 145 Å². The van der Waals surface area contributed by atoms with Crippen LogP contribution in [-0.4, -0.2) is 5.91 Å². The molecule has 0 fully saturated rings. The molecule has 0 unspecified atom stereocenters. The van der Waals surface area contributed by atoms with Gasteiger partial charge in [0.15, 0.2) is 5.75 Å². The van der Waals surface area contributed by atoms with Crippen LogP contribution in [0.3, 0.4) is 0 Å². The predicted molar refractivity (Wildman–Crippen MR) is 97.1 cm³/mol. The number of anilines is 2. The number of nitrogen functional groups attached to an aromatic ring is 1. The van der Waals surface area contributed by atoms with Crippen LogP contribution in [0.5, 0.6) is 5.75 Å². The van der Waals surface area contributed by atoms with Crippen LogP contribution in [0.4, 0.5) is 11.4 Å². The van der Waals surface area contributed by atoms with E-state index in [0.717, 1.165) is 5.56 Å². The van der Waals surface area contributed by atoms with E-state index in [2.05, 4.69) is 5.32 Å². The topological polar surface area (TPSA) is 73.6 Å². The summed E-state index contributed by atoms with van der Waals surface area (Å²) in [6.45, 7) is 0.331. The van der Waals surface area contributed by atoms with Gasteiger partial charge in [0.2, 0.25) is 0 Å². The van der Waals surface area contributed by atoms with Crippen molar-refractivity contribution in [2.24, 2.45) is 0 Å². The highest BCUT2D eigenvalue weighted by atomic mass is 17.2. The Morgan fingerprint density at radius 1 is 0.920 bits per heavy atom. The molecule has 3 aromatic rings. The van der Waals surface area contributed by atoms with Gasteiger partial charge in [0, 0.05) is 17.4 Å². The van der Waals surface area contributed by atoms with Crippen LogP contribution in [0.15, 0.2) is 78.9 Å². The zero-order valence-corrected chi connectivity index (χ0v) is 13.5. The Balaban J connectivity index is 1.59. The maximum absolute atomic E-state index is 12.3. The van der Waals surface area contributed by atoms with Crippen LogP contribution in [-0.2, 0) is 11.5 Å². The number of hydrogen-bond acceptors (Lipinski definition) is 4. The molecule has 0 atom stereocenters. The molecule has 0 bridgehead atoms. The number of nitrogens with two attached hydrogens (primary N) is 1. The van der Waals surface area contributed by atoms with Crippen molar-refractivity contribution >= 4 is 17.3 Å². The first-order chi connectivity index (χ1) is 12.2. The molecular formula is C20H18N2O3. The lowest BCUT2D eigenvalue weighted by molar-refractivity contribution is -0.217. The zero-order chi connectivity index (χ0) is 17.5. The normalized spacial score (nSPS) is 10.2. The third kappa shape index (κ3) is 4.59. The van der Waals surface area contributed by atoms with Crippen LogP contribution in [0.25, 0.3) is 0 Å². The number of amides is 1. The van der Waals surface area contributed by atoms with Crippen LogP contribution >= 0.6 is 0 Å². The summed E-state index contributed by atoms with van der Waals surface area (Å²) in [5.74, 6) is 0.218. The van der Waals surface area contributed by atoms with Gasteiger partial charge in [0.1, 0.15) is 6.61 Å². The number of rotatable bonds is 6. The van der Waals surface area contributed by atoms with Gasteiger partial charge in [-0.2, -0.15) is 4.89 Å². The minimum absolute atomic E-state index is 0.277. The van der Waals surface area contributed by atoms with E-state index < -0.39 is 0 Å². The summed E-state index contributed by atoms with van der Waals surface area (Å²) in [6.07, 6.45) is 0. The van der Waals surface area contributed by atoms with E-state index in [1.165, 1.54) is 0 Å². The number of nitrogens with one attached hydrogen (secondary N) is 1. The molecule has 0 aliphatic heterocycles. The Morgan fingerprint density at radius 2 is 1.68 bits per heavy atom. The molecule has 0 radical (unpaired) electrons. The van der Waals surface area contributed by atoms with Crippen molar-refractivity contribution in [2.45, 2.75) is 6.61 Å². The first-order valence-electron chi connectivity index (χ1n) is 7.82. The van der Waals surface area contributed by atoms with Crippen LogP contribution < -0.4 is 15.9 Å². The molecule has 0 saturated carbocycles. The Hall–Kier alpha value is -3.31. The lowest BCUT2D eigenvalue weighted by Gasteiger charge is -2.09. The summed E-state index contributed by atoms with van der Waals surface area (Å²) in [6, 6.07) is 23.6. The SMILES string of the molecule is Nc1ccccc1C(=O)Nc1cccc(OOCc2ccccc2)c1. The molecule has 0 aliphatic carbocycles. The monoisotopic (exact) mass is 334 g/mol. The molecule has 0 heterocycles. The van der Waals surface area contributed by atoms with Crippen molar-refractivity contribution in [3.63, 3.8) is 0 Å². The van der Waals surface area contributed by atoms with E-state index >= 15 is 0 Å². The molecule has 0 saturated heterocycles. The van der Waals surface area contributed by atoms with Crippen LogP contribution in [0.1, 0.15) is 15.9 Å². The summed E-state index contributed by atoms with van der Waals surface area (Å²) in [7, 11) is 0. The molecule has 3 aromatic carbocycles. The first-order valence-corrected chi connectivity index (χ1v) is 7.82. The zero-order valence-electron chi connectivity index (χ0n) is 13.5. The molecule has 5 nitrogen and oxygen atoms in total. The maximum atomic E-state index is 12.3. The second kappa shape index (κ2) is 7.99. The number of carbonyl (C=O) groups excluding carboxylic acids is 1. The van der Waals surface area contributed by atoms with E-state index in [9.17, 15) is 4.79 Å². The average molecular weight is 334 g/mol. The van der Waals surface area contributed by atoms with Gasteiger partial charge in [-0.25, -0.2) is 0 Å². The van der Waals surface area contributed by atoms with E-state index in [1.54, 1.807) is 48.5 Å². The minimum Gasteiger partial charge on any atom is -0.398 e. The Morgan fingerprint density at radius 3 is 2.48 bits per heavy atom. The highest BCUT2D eigenvalue weighted by Gasteiger charge is 2.09. The van der Waals surface area contributed by atoms with Crippen molar-refractivity contribution in [3.8, 4) is 5.75 Å². The highest BCUT2D eigenvalue weighted by Crippen LogP contribution is 2.20.